The van der Waals surface area contributed by atoms with Gasteiger partial charge in [-0.3, -0.25) is 14.4 Å². The summed E-state index contributed by atoms with van der Waals surface area (Å²) in [4.78, 5) is 39.9. The average Bonchev–Trinajstić information content (AvgIpc) is 3.04. The van der Waals surface area contributed by atoms with Crippen molar-refractivity contribution < 1.29 is 19.5 Å². The zero-order valence-electron chi connectivity index (χ0n) is 13.2. The number of carbonyl (C=O) groups is 3. The number of carboxylic acid groups (broad SMARTS) is 1. The minimum Gasteiger partial charge on any atom is -0.481 e. The van der Waals surface area contributed by atoms with Gasteiger partial charge < -0.3 is 14.9 Å². The lowest BCUT2D eigenvalue weighted by Crippen LogP contribution is -2.51. The molecule has 2 amide bonds. The normalized spacial score (nSPS) is 39.9. The van der Waals surface area contributed by atoms with Gasteiger partial charge in [0.1, 0.15) is 6.04 Å². The van der Waals surface area contributed by atoms with Crippen molar-refractivity contribution in [3.63, 3.8) is 0 Å². The van der Waals surface area contributed by atoms with Crippen LogP contribution in [0.3, 0.4) is 0 Å². The predicted octanol–water partition coefficient (Wildman–Crippen LogP) is 1.01. The topological polar surface area (TPSA) is 77.9 Å². The maximum atomic E-state index is 13.0. The van der Waals surface area contributed by atoms with Crippen LogP contribution in [0.15, 0.2) is 0 Å². The summed E-state index contributed by atoms with van der Waals surface area (Å²) in [5, 5.41) is 9.45. The molecule has 2 unspecified atom stereocenters. The van der Waals surface area contributed by atoms with E-state index in [0.717, 1.165) is 19.3 Å². The van der Waals surface area contributed by atoms with Gasteiger partial charge in [0.25, 0.3) is 0 Å². The summed E-state index contributed by atoms with van der Waals surface area (Å²) in [6.07, 6.45) is 3.47. The zero-order valence-corrected chi connectivity index (χ0v) is 14.1. The van der Waals surface area contributed by atoms with Crippen LogP contribution in [-0.2, 0) is 14.4 Å². The van der Waals surface area contributed by atoms with Crippen LogP contribution in [0.2, 0.25) is 0 Å². The van der Waals surface area contributed by atoms with E-state index in [-0.39, 0.29) is 22.6 Å². The van der Waals surface area contributed by atoms with E-state index in [1.54, 1.807) is 21.6 Å². The minimum atomic E-state index is -0.792. The number of carbonyl (C=O) groups excluding carboxylic acids is 2. The van der Waals surface area contributed by atoms with Crippen LogP contribution in [0.25, 0.3) is 0 Å². The molecule has 4 fully saturated rings. The predicted molar refractivity (Wildman–Crippen MR) is 84.7 cm³/mol. The van der Waals surface area contributed by atoms with Crippen LogP contribution in [0.5, 0.6) is 0 Å². The Morgan fingerprint density at radius 2 is 2.04 bits per heavy atom. The van der Waals surface area contributed by atoms with Crippen molar-refractivity contribution in [1.82, 2.24) is 9.80 Å². The highest BCUT2D eigenvalue weighted by Crippen LogP contribution is 2.49. The molecule has 0 aromatic rings. The summed E-state index contributed by atoms with van der Waals surface area (Å²) >= 11 is 1.68. The van der Waals surface area contributed by atoms with Gasteiger partial charge in [-0.1, -0.05) is 0 Å². The van der Waals surface area contributed by atoms with Gasteiger partial charge in [-0.05, 0) is 38.0 Å². The van der Waals surface area contributed by atoms with Crippen molar-refractivity contribution in [3.05, 3.63) is 0 Å². The molecule has 126 valence electrons. The maximum Gasteiger partial charge on any atom is 0.308 e. The lowest BCUT2D eigenvalue weighted by molar-refractivity contribution is -0.144. The Labute approximate surface area is 139 Å². The second-order valence-corrected chi connectivity index (χ2v) is 8.96. The summed E-state index contributed by atoms with van der Waals surface area (Å²) in [7, 11) is 0. The molecule has 0 bridgehead atoms. The number of amides is 2. The molecule has 0 aromatic carbocycles. The zero-order chi connectivity index (χ0) is 16.4. The molecular weight excluding hydrogens is 316 g/mol. The number of hydrogen-bond acceptors (Lipinski definition) is 4. The SMILES string of the molecule is CC12CCC(=O)N1C(C(=O)N1C[C@H](C(=O)O)[C@@H](C3CC3)C1)CS2. The van der Waals surface area contributed by atoms with Gasteiger partial charge in [-0.2, -0.15) is 0 Å². The molecule has 23 heavy (non-hydrogen) atoms. The van der Waals surface area contributed by atoms with Gasteiger partial charge in [0.15, 0.2) is 0 Å². The molecule has 3 heterocycles. The monoisotopic (exact) mass is 338 g/mol. The van der Waals surface area contributed by atoms with Crippen molar-refractivity contribution in [1.29, 1.82) is 0 Å². The Bertz CT molecular complexity index is 578. The molecule has 3 saturated heterocycles. The molecular formula is C16H22N2O4S. The third-order valence-electron chi connectivity index (χ3n) is 5.95. The summed E-state index contributed by atoms with van der Waals surface area (Å²) in [6.45, 7) is 2.88. The third-order valence-corrected chi connectivity index (χ3v) is 7.46. The molecule has 0 spiro atoms. The second kappa shape index (κ2) is 5.13. The van der Waals surface area contributed by atoms with Crippen LogP contribution in [0.1, 0.15) is 32.6 Å². The van der Waals surface area contributed by atoms with Crippen molar-refractivity contribution in [2.75, 3.05) is 18.8 Å². The largest absolute Gasteiger partial charge is 0.481 e. The van der Waals surface area contributed by atoms with E-state index in [4.69, 9.17) is 0 Å². The quantitative estimate of drug-likeness (QED) is 0.831. The van der Waals surface area contributed by atoms with Gasteiger partial charge in [0.2, 0.25) is 11.8 Å². The molecule has 7 heteroatoms. The van der Waals surface area contributed by atoms with Crippen LogP contribution in [0.4, 0.5) is 0 Å². The first kappa shape index (κ1) is 15.3. The summed E-state index contributed by atoms with van der Waals surface area (Å²) in [6, 6.07) is -0.410. The number of aliphatic carboxylic acids is 1. The highest BCUT2D eigenvalue weighted by Gasteiger charge is 2.55. The van der Waals surface area contributed by atoms with E-state index in [1.807, 2.05) is 6.92 Å². The number of fused-ring (bicyclic) bond motifs is 1. The number of hydrogen-bond donors (Lipinski definition) is 1. The van der Waals surface area contributed by atoms with E-state index >= 15 is 0 Å². The summed E-state index contributed by atoms with van der Waals surface area (Å²) < 4.78 is 0. The lowest BCUT2D eigenvalue weighted by atomic mass is 9.92. The van der Waals surface area contributed by atoms with Gasteiger partial charge in [-0.15, -0.1) is 11.8 Å². The van der Waals surface area contributed by atoms with Gasteiger partial charge in [0.05, 0.1) is 10.8 Å². The van der Waals surface area contributed by atoms with Crippen molar-refractivity contribution in [2.24, 2.45) is 17.8 Å². The Morgan fingerprint density at radius 1 is 1.30 bits per heavy atom. The summed E-state index contributed by atoms with van der Waals surface area (Å²) in [5.74, 6) is -0.0453. The van der Waals surface area contributed by atoms with E-state index in [1.165, 1.54) is 0 Å². The molecule has 4 aliphatic rings. The van der Waals surface area contributed by atoms with E-state index in [9.17, 15) is 19.5 Å². The Hall–Kier alpha value is -1.24. The molecule has 0 aromatic heterocycles. The molecule has 4 atom stereocenters. The van der Waals surface area contributed by atoms with Crippen molar-refractivity contribution >= 4 is 29.5 Å². The maximum absolute atomic E-state index is 13.0. The molecule has 6 nitrogen and oxygen atoms in total. The Morgan fingerprint density at radius 3 is 2.70 bits per heavy atom. The minimum absolute atomic E-state index is 0.0501. The number of nitrogens with zero attached hydrogens (tertiary/aromatic N) is 2. The first-order chi connectivity index (χ1) is 10.9. The summed E-state index contributed by atoms with van der Waals surface area (Å²) in [5.41, 5.74) is 0. The van der Waals surface area contributed by atoms with Crippen LogP contribution in [-0.4, -0.2) is 62.4 Å². The van der Waals surface area contributed by atoms with E-state index in [2.05, 4.69) is 0 Å². The van der Waals surface area contributed by atoms with Crippen LogP contribution < -0.4 is 0 Å². The lowest BCUT2D eigenvalue weighted by Gasteiger charge is -2.31. The standard InChI is InChI=1S/C16H22N2O4S/c1-16-5-4-13(19)18(16)12(8-23-16)14(20)17-6-10(9-2-3-9)11(7-17)15(21)22/h9-12H,2-8H2,1H3,(H,21,22)/t10-,11+,12?,16?/m1/s1. The van der Waals surface area contributed by atoms with Gasteiger partial charge >= 0.3 is 5.97 Å². The van der Waals surface area contributed by atoms with Crippen LogP contribution in [0, 0.1) is 17.8 Å². The highest BCUT2D eigenvalue weighted by molar-refractivity contribution is 8.01. The Kier molecular flexibility index (Phi) is 3.41. The highest BCUT2D eigenvalue weighted by atomic mass is 32.2. The smallest absolute Gasteiger partial charge is 0.308 e. The van der Waals surface area contributed by atoms with Crippen molar-refractivity contribution in [2.45, 2.75) is 43.5 Å². The number of carboxylic acids is 1. The fraction of sp³-hybridized carbons (Fsp3) is 0.812. The van der Waals surface area contributed by atoms with Crippen LogP contribution >= 0.6 is 11.8 Å². The molecule has 1 saturated carbocycles. The molecule has 4 rings (SSSR count). The average molecular weight is 338 g/mol. The first-order valence-corrected chi connectivity index (χ1v) is 9.37. The first-order valence-electron chi connectivity index (χ1n) is 8.38. The third kappa shape index (κ3) is 2.35. The van der Waals surface area contributed by atoms with E-state index in [0.29, 0.717) is 31.2 Å². The second-order valence-electron chi connectivity index (χ2n) is 7.45. The molecule has 1 aliphatic carbocycles. The number of rotatable bonds is 3. The number of thioether (sulfide) groups is 1. The fourth-order valence-electron chi connectivity index (χ4n) is 4.49. The fourth-order valence-corrected chi connectivity index (χ4v) is 5.91. The van der Waals surface area contributed by atoms with Gasteiger partial charge in [-0.25, -0.2) is 0 Å². The van der Waals surface area contributed by atoms with Crippen molar-refractivity contribution in [3.8, 4) is 0 Å². The Balaban J connectivity index is 1.51. The molecule has 0 radical (unpaired) electrons. The molecule has 1 N–H and O–H groups in total. The van der Waals surface area contributed by atoms with Gasteiger partial charge in [0, 0.05) is 25.3 Å². The molecule has 3 aliphatic heterocycles. The van der Waals surface area contributed by atoms with E-state index < -0.39 is 17.9 Å². The number of likely N-dealkylation sites (tertiary alicyclic amines) is 1.